The molecule has 0 aliphatic heterocycles. The third-order valence-corrected chi connectivity index (χ3v) is 1.19. The van der Waals surface area contributed by atoms with Gasteiger partial charge in [-0.3, -0.25) is 0 Å². The van der Waals surface area contributed by atoms with E-state index in [0.717, 1.165) is 14.0 Å². The Balaban J connectivity index is -0.000000405. The van der Waals surface area contributed by atoms with E-state index in [-0.39, 0.29) is 103 Å². The molecule has 58 valence electrons. The number of ether oxygens (including phenoxy) is 1. The first kappa shape index (κ1) is 19.7. The number of aliphatic carboxylic acids is 2. The predicted octanol–water partition coefficient (Wildman–Crippen LogP) is -9.10. The van der Waals surface area contributed by atoms with Crippen molar-refractivity contribution in [2.24, 2.45) is 0 Å². The molecule has 0 radical (unpaired) electrons. The molecule has 0 unspecified atom stereocenters. The Morgan fingerprint density at radius 3 is 1.42 bits per heavy atom. The van der Waals surface area contributed by atoms with E-state index < -0.39 is 17.5 Å². The van der Waals surface area contributed by atoms with Crippen LogP contribution in [0.2, 0.25) is 0 Å². The van der Waals surface area contributed by atoms with Gasteiger partial charge in [0.1, 0.15) is 5.60 Å². The van der Waals surface area contributed by atoms with E-state index in [1.54, 1.807) is 0 Å². The van der Waals surface area contributed by atoms with Crippen molar-refractivity contribution >= 4 is 11.9 Å². The summed E-state index contributed by atoms with van der Waals surface area (Å²) in [5, 5.41) is 20.1. The van der Waals surface area contributed by atoms with Gasteiger partial charge in [-0.1, -0.05) is 0 Å². The van der Waals surface area contributed by atoms with Gasteiger partial charge in [0.2, 0.25) is 0 Å². The third-order valence-electron chi connectivity index (χ3n) is 1.19. The van der Waals surface area contributed by atoms with Crippen LogP contribution in [0, 0.1) is 0 Å². The summed E-state index contributed by atoms with van der Waals surface area (Å²) < 4.78 is 4.14. The van der Waals surface area contributed by atoms with Gasteiger partial charge >= 0.3 is 103 Å². The Morgan fingerprint density at radius 2 is 1.42 bits per heavy atom. The SMILES string of the molecule is COC(C)(C(=O)[O-])C(=O)[O-].[K+].[K+]. The fourth-order valence-corrected chi connectivity index (χ4v) is 0.250. The maximum Gasteiger partial charge on any atom is 1.00 e. The van der Waals surface area contributed by atoms with Gasteiger partial charge in [-0.05, 0) is 6.92 Å². The molecule has 5 nitrogen and oxygen atoms in total. The van der Waals surface area contributed by atoms with E-state index in [1.165, 1.54) is 0 Å². The Kier molecular flexibility index (Phi) is 13.9. The summed E-state index contributed by atoms with van der Waals surface area (Å²) in [7, 11) is 0.950. The molecule has 0 heterocycles. The van der Waals surface area contributed by atoms with Crippen LogP contribution >= 0.6 is 0 Å². The number of carbonyl (C=O) groups is 2. The van der Waals surface area contributed by atoms with E-state index in [0.29, 0.717) is 0 Å². The van der Waals surface area contributed by atoms with Gasteiger partial charge in [0.15, 0.2) is 0 Å². The van der Waals surface area contributed by atoms with E-state index in [2.05, 4.69) is 4.74 Å². The van der Waals surface area contributed by atoms with Crippen LogP contribution in [-0.4, -0.2) is 24.6 Å². The minimum Gasteiger partial charge on any atom is -0.547 e. The summed E-state index contributed by atoms with van der Waals surface area (Å²) in [6.07, 6.45) is 0. The van der Waals surface area contributed by atoms with Crippen molar-refractivity contribution in [2.45, 2.75) is 12.5 Å². The Morgan fingerprint density at radius 1 is 1.17 bits per heavy atom. The topological polar surface area (TPSA) is 89.5 Å². The second-order valence-electron chi connectivity index (χ2n) is 1.81. The normalized spacial score (nSPS) is 9.17. The molecular weight excluding hydrogens is 218 g/mol. The van der Waals surface area contributed by atoms with Gasteiger partial charge < -0.3 is 24.5 Å². The summed E-state index contributed by atoms with van der Waals surface area (Å²) in [5.41, 5.74) is -2.35. The molecule has 0 N–H and O–H groups in total. The van der Waals surface area contributed by atoms with Crippen molar-refractivity contribution in [2.75, 3.05) is 7.11 Å². The minimum atomic E-state index is -2.35. The molecule has 0 rings (SSSR count). The van der Waals surface area contributed by atoms with Crippen LogP contribution in [0.25, 0.3) is 0 Å². The molecule has 0 aromatic carbocycles. The second-order valence-corrected chi connectivity index (χ2v) is 1.81. The van der Waals surface area contributed by atoms with Gasteiger partial charge in [-0.15, -0.1) is 0 Å². The first-order valence-corrected chi connectivity index (χ1v) is 2.43. The predicted molar refractivity (Wildman–Crippen MR) is 25.4 cm³/mol. The molecular formula is C5H6K2O5. The molecule has 0 saturated carbocycles. The zero-order valence-corrected chi connectivity index (χ0v) is 13.8. The van der Waals surface area contributed by atoms with Gasteiger partial charge in [0.25, 0.3) is 0 Å². The smallest absolute Gasteiger partial charge is 0.547 e. The average Bonchev–Trinajstić information content (AvgIpc) is 1.85. The standard InChI is InChI=1S/C5H8O5.2K/c1-5(10-2,3(6)7)4(8)9;;/h1-2H3,(H,6,7)(H,8,9);;/q;2*+1/p-2. The summed E-state index contributed by atoms with van der Waals surface area (Å²) in [4.78, 5) is 20.1. The summed E-state index contributed by atoms with van der Waals surface area (Å²) in [5.74, 6) is -3.65. The molecule has 0 fully saturated rings. The molecule has 0 aromatic rings. The van der Waals surface area contributed by atoms with Crippen LogP contribution in [0.4, 0.5) is 0 Å². The Hall–Kier alpha value is 2.17. The summed E-state index contributed by atoms with van der Waals surface area (Å²) in [6, 6.07) is 0. The number of methoxy groups -OCH3 is 1. The summed E-state index contributed by atoms with van der Waals surface area (Å²) in [6.45, 7) is 0.845. The molecule has 0 atom stereocenters. The van der Waals surface area contributed by atoms with Crippen molar-refractivity contribution in [3.63, 3.8) is 0 Å². The number of carbonyl (C=O) groups excluding carboxylic acids is 2. The largest absolute Gasteiger partial charge is 1.00 e. The van der Waals surface area contributed by atoms with Crippen molar-refractivity contribution in [1.29, 1.82) is 0 Å². The quantitative estimate of drug-likeness (QED) is 0.351. The van der Waals surface area contributed by atoms with Crippen molar-refractivity contribution in [1.82, 2.24) is 0 Å². The zero-order chi connectivity index (χ0) is 8.36. The molecule has 0 saturated heterocycles. The van der Waals surface area contributed by atoms with Crippen molar-refractivity contribution in [3.8, 4) is 0 Å². The van der Waals surface area contributed by atoms with E-state index >= 15 is 0 Å². The first-order chi connectivity index (χ1) is 4.45. The van der Waals surface area contributed by atoms with Crippen LogP contribution in [0.5, 0.6) is 0 Å². The van der Waals surface area contributed by atoms with E-state index in [4.69, 9.17) is 0 Å². The van der Waals surface area contributed by atoms with Crippen molar-refractivity contribution in [3.05, 3.63) is 0 Å². The molecule has 0 aliphatic carbocycles. The van der Waals surface area contributed by atoms with Gasteiger partial charge in [0.05, 0.1) is 11.9 Å². The van der Waals surface area contributed by atoms with Crippen LogP contribution in [0.3, 0.4) is 0 Å². The van der Waals surface area contributed by atoms with E-state index in [1.807, 2.05) is 0 Å². The van der Waals surface area contributed by atoms with Gasteiger partial charge in [-0.25, -0.2) is 0 Å². The van der Waals surface area contributed by atoms with Gasteiger partial charge in [0, 0.05) is 7.11 Å². The minimum absolute atomic E-state index is 0. The molecule has 0 amide bonds. The molecule has 7 heteroatoms. The fraction of sp³-hybridized carbons (Fsp3) is 0.600. The number of carboxylic acid groups (broad SMARTS) is 2. The zero-order valence-electron chi connectivity index (χ0n) is 7.54. The van der Waals surface area contributed by atoms with Crippen LogP contribution < -0.4 is 113 Å². The van der Waals surface area contributed by atoms with Crippen molar-refractivity contribution < 1.29 is 127 Å². The third kappa shape index (κ3) is 5.15. The molecule has 0 bridgehead atoms. The van der Waals surface area contributed by atoms with Crippen LogP contribution in [-0.2, 0) is 14.3 Å². The number of rotatable bonds is 3. The van der Waals surface area contributed by atoms with Crippen LogP contribution in [0.1, 0.15) is 6.92 Å². The Labute approximate surface area is 155 Å². The molecule has 0 spiro atoms. The number of hydrogen-bond acceptors (Lipinski definition) is 5. The maximum atomic E-state index is 10.0. The second kappa shape index (κ2) is 8.48. The number of hydrogen-bond donors (Lipinski definition) is 0. The number of carboxylic acids is 2. The monoisotopic (exact) mass is 224 g/mol. The Bertz CT molecular complexity index is 155. The first-order valence-electron chi connectivity index (χ1n) is 2.43. The van der Waals surface area contributed by atoms with Crippen LogP contribution in [0.15, 0.2) is 0 Å². The molecule has 12 heavy (non-hydrogen) atoms. The maximum absolute atomic E-state index is 10.0. The molecule has 0 aromatic heterocycles. The average molecular weight is 224 g/mol. The molecule has 0 aliphatic rings. The fourth-order valence-electron chi connectivity index (χ4n) is 0.250. The summed E-state index contributed by atoms with van der Waals surface area (Å²) >= 11 is 0. The van der Waals surface area contributed by atoms with Gasteiger partial charge in [-0.2, -0.15) is 0 Å². The van der Waals surface area contributed by atoms with E-state index in [9.17, 15) is 19.8 Å².